The predicted octanol–water partition coefficient (Wildman–Crippen LogP) is 2.63. The quantitative estimate of drug-likeness (QED) is 0.535. The van der Waals surface area contributed by atoms with E-state index in [4.69, 9.17) is 0 Å². The Balaban J connectivity index is 2.37. The lowest BCUT2D eigenvalue weighted by Gasteiger charge is -2.10. The van der Waals surface area contributed by atoms with Crippen LogP contribution in [0.5, 0.6) is 0 Å². The van der Waals surface area contributed by atoms with Crippen molar-refractivity contribution < 1.29 is 4.79 Å². The summed E-state index contributed by atoms with van der Waals surface area (Å²) in [7, 11) is 0. The standard InChI is InChI=1S/C11H14O/c1-7-3-4-9-6-8(2)11(12)10(9)5-7/h5,8H,3-4,6H2,1-2H3. The van der Waals surface area contributed by atoms with Gasteiger partial charge in [-0.25, -0.2) is 0 Å². The molecule has 0 aromatic carbocycles. The van der Waals surface area contributed by atoms with Crippen molar-refractivity contribution in [1.82, 2.24) is 0 Å². The highest BCUT2D eigenvalue weighted by molar-refractivity contribution is 6.03. The van der Waals surface area contributed by atoms with Gasteiger partial charge in [-0.15, -0.1) is 0 Å². The highest BCUT2D eigenvalue weighted by atomic mass is 16.1. The van der Waals surface area contributed by atoms with E-state index in [1.165, 1.54) is 11.1 Å². The largest absolute Gasteiger partial charge is 0.294 e. The molecule has 12 heavy (non-hydrogen) atoms. The van der Waals surface area contributed by atoms with Crippen LogP contribution < -0.4 is 0 Å². The number of hydrogen-bond acceptors (Lipinski definition) is 1. The zero-order valence-corrected chi connectivity index (χ0v) is 7.68. The number of allylic oxidation sites excluding steroid dienone is 4. The summed E-state index contributed by atoms with van der Waals surface area (Å²) < 4.78 is 0. The van der Waals surface area contributed by atoms with E-state index in [9.17, 15) is 4.79 Å². The average molecular weight is 162 g/mol. The van der Waals surface area contributed by atoms with E-state index in [1.54, 1.807) is 0 Å². The van der Waals surface area contributed by atoms with Crippen LogP contribution in [0.2, 0.25) is 0 Å². The maximum atomic E-state index is 11.6. The third-order valence-corrected chi connectivity index (χ3v) is 2.86. The van der Waals surface area contributed by atoms with Crippen molar-refractivity contribution in [3.8, 4) is 0 Å². The first-order valence-electron chi connectivity index (χ1n) is 4.62. The summed E-state index contributed by atoms with van der Waals surface area (Å²) in [6, 6.07) is 0. The fourth-order valence-corrected chi connectivity index (χ4v) is 2.09. The highest BCUT2D eigenvalue weighted by Gasteiger charge is 2.29. The lowest BCUT2D eigenvalue weighted by Crippen LogP contribution is -2.05. The van der Waals surface area contributed by atoms with Crippen LogP contribution in [-0.4, -0.2) is 5.78 Å². The molecule has 0 fully saturated rings. The second kappa shape index (κ2) is 2.58. The molecule has 1 atom stereocenters. The fraction of sp³-hybridized carbons (Fsp3) is 0.545. The van der Waals surface area contributed by atoms with Crippen molar-refractivity contribution >= 4 is 5.78 Å². The molecule has 0 spiro atoms. The topological polar surface area (TPSA) is 17.1 Å². The molecule has 1 unspecified atom stereocenters. The highest BCUT2D eigenvalue weighted by Crippen LogP contribution is 2.36. The molecule has 2 aliphatic carbocycles. The van der Waals surface area contributed by atoms with Crippen LogP contribution in [0.25, 0.3) is 0 Å². The number of carbonyl (C=O) groups is 1. The number of carbonyl (C=O) groups excluding carboxylic acids is 1. The molecule has 0 bridgehead atoms. The number of hydrogen-bond donors (Lipinski definition) is 0. The van der Waals surface area contributed by atoms with E-state index in [0.29, 0.717) is 5.78 Å². The summed E-state index contributed by atoms with van der Waals surface area (Å²) in [5.41, 5.74) is 3.79. The van der Waals surface area contributed by atoms with Gasteiger partial charge in [0.25, 0.3) is 0 Å². The SMILES string of the molecule is CC1=CC2=C(CC1)CC(C)C2=O. The van der Waals surface area contributed by atoms with Crippen molar-refractivity contribution in [1.29, 1.82) is 0 Å². The van der Waals surface area contributed by atoms with Crippen LogP contribution in [0, 0.1) is 5.92 Å². The van der Waals surface area contributed by atoms with Crippen LogP contribution in [0.1, 0.15) is 33.1 Å². The van der Waals surface area contributed by atoms with E-state index in [1.807, 2.05) is 6.92 Å². The first-order chi connectivity index (χ1) is 5.68. The van der Waals surface area contributed by atoms with Crippen molar-refractivity contribution in [3.63, 3.8) is 0 Å². The Morgan fingerprint density at radius 3 is 2.92 bits per heavy atom. The van der Waals surface area contributed by atoms with Crippen molar-refractivity contribution in [3.05, 3.63) is 22.8 Å². The lowest BCUT2D eigenvalue weighted by molar-refractivity contribution is -0.117. The van der Waals surface area contributed by atoms with Gasteiger partial charge >= 0.3 is 0 Å². The third-order valence-electron chi connectivity index (χ3n) is 2.86. The number of Topliss-reactive ketones (excluding diaryl/α,β-unsaturated/α-hetero) is 1. The summed E-state index contributed by atoms with van der Waals surface area (Å²) in [5, 5.41) is 0. The second-order valence-corrected chi connectivity index (χ2v) is 3.98. The first kappa shape index (κ1) is 7.78. The van der Waals surface area contributed by atoms with Crippen LogP contribution in [0.3, 0.4) is 0 Å². The van der Waals surface area contributed by atoms with E-state index in [0.717, 1.165) is 24.8 Å². The predicted molar refractivity (Wildman–Crippen MR) is 48.8 cm³/mol. The van der Waals surface area contributed by atoms with Crippen LogP contribution in [0.15, 0.2) is 22.8 Å². The van der Waals surface area contributed by atoms with E-state index in [-0.39, 0.29) is 5.92 Å². The monoisotopic (exact) mass is 162 g/mol. The summed E-state index contributed by atoms with van der Waals surface area (Å²) in [5.74, 6) is 0.612. The van der Waals surface area contributed by atoms with Gasteiger partial charge in [0.05, 0.1) is 0 Å². The van der Waals surface area contributed by atoms with Gasteiger partial charge in [0.15, 0.2) is 5.78 Å². The lowest BCUT2D eigenvalue weighted by atomic mass is 9.95. The molecule has 0 N–H and O–H groups in total. The molecule has 0 aromatic heterocycles. The van der Waals surface area contributed by atoms with Crippen LogP contribution >= 0.6 is 0 Å². The van der Waals surface area contributed by atoms with Crippen molar-refractivity contribution in [2.24, 2.45) is 5.92 Å². The minimum absolute atomic E-state index is 0.247. The average Bonchev–Trinajstić information content (AvgIpc) is 2.31. The zero-order chi connectivity index (χ0) is 8.72. The Bertz CT molecular complexity index is 294. The molecule has 0 aliphatic heterocycles. The molecule has 0 amide bonds. The molecule has 1 nitrogen and oxygen atoms in total. The minimum Gasteiger partial charge on any atom is -0.294 e. The second-order valence-electron chi connectivity index (χ2n) is 3.98. The van der Waals surface area contributed by atoms with Gasteiger partial charge in [0.2, 0.25) is 0 Å². The maximum Gasteiger partial charge on any atom is 0.165 e. The molecule has 64 valence electrons. The van der Waals surface area contributed by atoms with E-state index < -0.39 is 0 Å². The Kier molecular flexibility index (Phi) is 1.67. The molecule has 0 heterocycles. The molecular weight excluding hydrogens is 148 g/mol. The molecule has 0 saturated heterocycles. The summed E-state index contributed by atoms with van der Waals surface area (Å²) in [4.78, 5) is 11.6. The molecular formula is C11H14O. The molecule has 0 saturated carbocycles. The summed E-state index contributed by atoms with van der Waals surface area (Å²) in [6.07, 6.45) is 5.37. The van der Waals surface area contributed by atoms with Crippen LogP contribution in [0.4, 0.5) is 0 Å². The molecule has 1 heteroatoms. The van der Waals surface area contributed by atoms with E-state index >= 15 is 0 Å². The van der Waals surface area contributed by atoms with Gasteiger partial charge in [-0.1, -0.05) is 24.1 Å². The molecule has 2 rings (SSSR count). The Hall–Kier alpha value is -0.850. The van der Waals surface area contributed by atoms with Gasteiger partial charge in [0.1, 0.15) is 0 Å². The first-order valence-corrected chi connectivity index (χ1v) is 4.62. The Labute approximate surface area is 73.2 Å². The van der Waals surface area contributed by atoms with Gasteiger partial charge in [-0.3, -0.25) is 4.79 Å². The fourth-order valence-electron chi connectivity index (χ4n) is 2.09. The van der Waals surface area contributed by atoms with Crippen molar-refractivity contribution in [2.45, 2.75) is 33.1 Å². The number of rotatable bonds is 0. The smallest absolute Gasteiger partial charge is 0.165 e. The van der Waals surface area contributed by atoms with Gasteiger partial charge in [0, 0.05) is 11.5 Å². The minimum atomic E-state index is 0.247. The van der Waals surface area contributed by atoms with Crippen LogP contribution in [-0.2, 0) is 4.79 Å². The Morgan fingerprint density at radius 2 is 2.17 bits per heavy atom. The molecule has 2 aliphatic rings. The third kappa shape index (κ3) is 1.04. The normalized spacial score (nSPS) is 29.0. The Morgan fingerprint density at radius 1 is 1.42 bits per heavy atom. The zero-order valence-electron chi connectivity index (χ0n) is 7.68. The molecule has 0 radical (unpaired) electrons. The molecule has 0 aromatic rings. The van der Waals surface area contributed by atoms with E-state index in [2.05, 4.69) is 13.0 Å². The summed E-state index contributed by atoms with van der Waals surface area (Å²) in [6.45, 7) is 4.14. The van der Waals surface area contributed by atoms with Gasteiger partial charge in [-0.2, -0.15) is 0 Å². The van der Waals surface area contributed by atoms with Gasteiger partial charge < -0.3 is 0 Å². The number of ketones is 1. The summed E-state index contributed by atoms with van der Waals surface area (Å²) >= 11 is 0. The van der Waals surface area contributed by atoms with Crippen molar-refractivity contribution in [2.75, 3.05) is 0 Å². The van der Waals surface area contributed by atoms with Gasteiger partial charge in [-0.05, 0) is 26.2 Å². The maximum absolute atomic E-state index is 11.6.